The van der Waals surface area contributed by atoms with E-state index in [4.69, 9.17) is 10.8 Å². The number of carboxylic acids is 1. The number of aliphatic carboxylic acids is 1. The van der Waals surface area contributed by atoms with Crippen LogP contribution in [0.1, 0.15) is 12.1 Å². The molecule has 0 bridgehead atoms. The molecule has 0 aromatic carbocycles. The largest absolute Gasteiger partial charge is 0.481 e. The zero-order valence-corrected chi connectivity index (χ0v) is 7.87. The summed E-state index contributed by atoms with van der Waals surface area (Å²) in [5, 5.41) is 10.3. The summed E-state index contributed by atoms with van der Waals surface area (Å²) in [6.45, 7) is 0. The summed E-state index contributed by atoms with van der Waals surface area (Å²) in [5.41, 5.74) is 5.85. The number of hydrogen-bond donors (Lipinski definition) is 2. The van der Waals surface area contributed by atoms with Crippen LogP contribution < -0.4 is 5.73 Å². The summed E-state index contributed by atoms with van der Waals surface area (Å²) in [6.07, 6.45) is 2.64. The van der Waals surface area contributed by atoms with Crippen molar-refractivity contribution in [3.63, 3.8) is 0 Å². The third kappa shape index (κ3) is 2.67. The van der Waals surface area contributed by atoms with E-state index in [-0.39, 0.29) is 12.0 Å². The number of nitrogens with zero attached hydrogens (tertiary/aromatic N) is 1. The van der Waals surface area contributed by atoms with Gasteiger partial charge in [-0.25, -0.2) is 4.98 Å². The first kappa shape index (κ1) is 10.4. The van der Waals surface area contributed by atoms with Crippen LogP contribution in [0, 0.1) is 0 Å². The van der Waals surface area contributed by atoms with Gasteiger partial charge in [-0.2, -0.15) is 0 Å². The summed E-state index contributed by atoms with van der Waals surface area (Å²) in [4.78, 5) is 24.5. The molecular weight excluding hydrogens is 204 g/mol. The molecule has 3 N–H and O–H groups in total. The second-order valence-electron chi connectivity index (χ2n) is 2.39. The summed E-state index contributed by atoms with van der Waals surface area (Å²) in [6, 6.07) is 0. The normalized spacial score (nSPS) is 11.3. The lowest BCUT2D eigenvalue weighted by atomic mass is 10.2. The Morgan fingerprint density at radius 2 is 2.50 bits per heavy atom. The van der Waals surface area contributed by atoms with Crippen molar-refractivity contribution in [1.82, 2.24) is 4.98 Å². The van der Waals surface area contributed by atoms with E-state index in [0.29, 0.717) is 10.8 Å². The number of thiazole rings is 1. The minimum atomic E-state index is -1.01. The molecule has 0 spiro atoms. The lowest BCUT2D eigenvalue weighted by molar-refractivity contribution is -0.135. The van der Waals surface area contributed by atoms with Gasteiger partial charge >= 0.3 is 5.97 Å². The molecule has 1 heterocycles. The molecule has 0 unspecified atom stereocenters. The molecule has 1 aromatic rings. The van der Waals surface area contributed by atoms with Crippen molar-refractivity contribution in [2.24, 2.45) is 0 Å². The molecule has 73 valence electrons. The topological polar surface area (TPSA) is 93.3 Å². The number of nitrogens with two attached hydrogens (primary N) is 1. The second-order valence-corrected chi connectivity index (χ2v) is 3.28. The molecule has 1 rings (SSSR count). The van der Waals surface area contributed by atoms with Gasteiger partial charge in [0.15, 0.2) is 5.13 Å². The number of allylic oxidation sites excluding steroid dienone is 1. The minimum absolute atomic E-state index is 0.125. The Labute approximate surface area is 83.9 Å². The van der Waals surface area contributed by atoms with Crippen LogP contribution in [-0.2, 0) is 9.59 Å². The van der Waals surface area contributed by atoms with Gasteiger partial charge in [0.05, 0.1) is 12.1 Å². The Morgan fingerprint density at radius 3 is 2.93 bits per heavy atom. The van der Waals surface area contributed by atoms with Crippen LogP contribution >= 0.6 is 11.3 Å². The van der Waals surface area contributed by atoms with E-state index >= 15 is 0 Å². The highest BCUT2D eigenvalue weighted by molar-refractivity contribution is 7.13. The Kier molecular flexibility index (Phi) is 3.35. The maximum Gasteiger partial charge on any atom is 0.307 e. The van der Waals surface area contributed by atoms with Crippen LogP contribution in [0.5, 0.6) is 0 Å². The number of carbonyl (C=O) groups excluding carboxylic acids is 1. The van der Waals surface area contributed by atoms with E-state index in [1.807, 2.05) is 0 Å². The number of aromatic nitrogens is 1. The first-order valence-electron chi connectivity index (χ1n) is 3.65. The third-order valence-electron chi connectivity index (χ3n) is 1.39. The highest BCUT2D eigenvalue weighted by Crippen LogP contribution is 2.17. The monoisotopic (exact) mass is 211 g/mol. The van der Waals surface area contributed by atoms with Crippen molar-refractivity contribution in [2.45, 2.75) is 6.42 Å². The Morgan fingerprint density at radius 1 is 1.79 bits per heavy atom. The van der Waals surface area contributed by atoms with Gasteiger partial charge in [-0.1, -0.05) is 6.08 Å². The molecule has 0 amide bonds. The average molecular weight is 211 g/mol. The van der Waals surface area contributed by atoms with Crippen molar-refractivity contribution in [3.8, 4) is 0 Å². The molecule has 0 atom stereocenters. The molecule has 0 aliphatic heterocycles. The number of hydrogen-bond acceptors (Lipinski definition) is 5. The van der Waals surface area contributed by atoms with Crippen LogP contribution in [0.2, 0.25) is 0 Å². The average Bonchev–Trinajstić information content (AvgIpc) is 2.53. The molecule has 1 aromatic heterocycles. The van der Waals surface area contributed by atoms with Gasteiger partial charge < -0.3 is 10.8 Å². The van der Waals surface area contributed by atoms with E-state index in [1.54, 1.807) is 11.7 Å². The minimum Gasteiger partial charge on any atom is -0.481 e. The van der Waals surface area contributed by atoms with Gasteiger partial charge in [0.1, 0.15) is 0 Å². The Bertz CT molecular complexity index is 384. The number of rotatable bonds is 4. The second kappa shape index (κ2) is 4.52. The maximum atomic E-state index is 10.5. The molecule has 14 heavy (non-hydrogen) atoms. The zero-order chi connectivity index (χ0) is 10.6. The number of carbonyl (C=O) groups is 1. The van der Waals surface area contributed by atoms with Crippen molar-refractivity contribution in [3.05, 3.63) is 17.2 Å². The van der Waals surface area contributed by atoms with Crippen LogP contribution in [-0.4, -0.2) is 22.3 Å². The molecule has 5 nitrogen and oxygen atoms in total. The molecular formula is C8H7N2O3S. The Hall–Kier alpha value is -1.69. The van der Waals surface area contributed by atoms with Gasteiger partial charge in [-0.15, -0.1) is 11.3 Å². The zero-order valence-electron chi connectivity index (χ0n) is 7.06. The third-order valence-corrected chi connectivity index (χ3v) is 2.06. The van der Waals surface area contributed by atoms with Crippen LogP contribution in [0.15, 0.2) is 11.5 Å². The van der Waals surface area contributed by atoms with Crippen molar-refractivity contribution in [1.29, 1.82) is 0 Å². The molecule has 0 fully saturated rings. The lowest BCUT2D eigenvalue weighted by Gasteiger charge is -1.91. The molecule has 0 aliphatic carbocycles. The Balaban J connectivity index is 2.86. The SMILES string of the molecule is Nc1nc(/C([C]=O)=C/CC(=O)O)cs1. The smallest absolute Gasteiger partial charge is 0.307 e. The van der Waals surface area contributed by atoms with E-state index in [0.717, 1.165) is 0 Å². The summed E-state index contributed by atoms with van der Waals surface area (Å²) in [5.74, 6) is -1.01. The van der Waals surface area contributed by atoms with Gasteiger partial charge in [0.25, 0.3) is 0 Å². The van der Waals surface area contributed by atoms with E-state index in [2.05, 4.69) is 4.98 Å². The van der Waals surface area contributed by atoms with Crippen molar-refractivity contribution < 1.29 is 14.7 Å². The van der Waals surface area contributed by atoms with Gasteiger partial charge in [-0.3, -0.25) is 9.59 Å². The van der Waals surface area contributed by atoms with E-state index < -0.39 is 5.97 Å². The molecule has 0 saturated carbocycles. The molecule has 6 heteroatoms. The predicted molar refractivity (Wildman–Crippen MR) is 52.4 cm³/mol. The van der Waals surface area contributed by atoms with E-state index in [1.165, 1.54) is 17.4 Å². The van der Waals surface area contributed by atoms with Gasteiger partial charge in [-0.05, 0) is 0 Å². The predicted octanol–water partition coefficient (Wildman–Crippen LogP) is 0.693. The fraction of sp³-hybridized carbons (Fsp3) is 0.125. The number of nitrogen functional groups attached to an aromatic ring is 1. The fourth-order valence-corrected chi connectivity index (χ4v) is 1.36. The maximum absolute atomic E-state index is 10.5. The first-order chi connectivity index (χ1) is 6.63. The van der Waals surface area contributed by atoms with Gasteiger partial charge in [0.2, 0.25) is 6.29 Å². The van der Waals surface area contributed by atoms with Crippen LogP contribution in [0.25, 0.3) is 5.57 Å². The first-order valence-corrected chi connectivity index (χ1v) is 4.53. The molecule has 1 radical (unpaired) electrons. The van der Waals surface area contributed by atoms with Crippen molar-refractivity contribution in [2.75, 3.05) is 5.73 Å². The number of anilines is 1. The van der Waals surface area contributed by atoms with Crippen molar-refractivity contribution >= 4 is 34.3 Å². The quantitative estimate of drug-likeness (QED) is 0.715. The molecule has 0 saturated heterocycles. The summed E-state index contributed by atoms with van der Waals surface area (Å²) >= 11 is 1.18. The highest BCUT2D eigenvalue weighted by atomic mass is 32.1. The fourth-order valence-electron chi connectivity index (χ4n) is 0.799. The standard InChI is InChI=1S/C8H7N2O3S/c9-8-10-6(4-14-8)5(3-11)1-2-7(12)13/h1,4H,2H2,(H2,9,10)(H,12,13)/b5-1+. The summed E-state index contributed by atoms with van der Waals surface area (Å²) in [7, 11) is 0. The number of carboxylic acid groups (broad SMARTS) is 1. The highest BCUT2D eigenvalue weighted by Gasteiger charge is 2.06. The summed E-state index contributed by atoms with van der Waals surface area (Å²) < 4.78 is 0. The molecule has 0 aliphatic rings. The van der Waals surface area contributed by atoms with Gasteiger partial charge in [0, 0.05) is 11.0 Å². The van der Waals surface area contributed by atoms with Crippen LogP contribution in [0.4, 0.5) is 5.13 Å². The van der Waals surface area contributed by atoms with E-state index in [9.17, 15) is 9.59 Å². The van der Waals surface area contributed by atoms with Crippen LogP contribution in [0.3, 0.4) is 0 Å². The lowest BCUT2D eigenvalue weighted by Crippen LogP contribution is -1.94.